The lowest BCUT2D eigenvalue weighted by atomic mass is 9.87. The van der Waals surface area contributed by atoms with Crippen molar-refractivity contribution in [2.45, 2.75) is 0 Å². The molecule has 1 aromatic heterocycles. The van der Waals surface area contributed by atoms with Gasteiger partial charge in [0, 0.05) is 16.2 Å². The first-order chi connectivity index (χ1) is 13.3. The molecule has 0 saturated carbocycles. The largest absolute Gasteiger partial charge is 0.255 e. The van der Waals surface area contributed by atoms with Crippen LogP contribution in [-0.2, 0) is 0 Å². The Bertz CT molecular complexity index is 1200. The smallest absolute Gasteiger partial charge is 0.0715 e. The van der Waals surface area contributed by atoms with E-state index < -0.39 is 0 Å². The van der Waals surface area contributed by atoms with Crippen molar-refractivity contribution < 1.29 is 0 Å². The van der Waals surface area contributed by atoms with Gasteiger partial charge in [0.1, 0.15) is 0 Å². The number of pyridine rings is 1. The summed E-state index contributed by atoms with van der Waals surface area (Å²) in [6, 6.07) is 32.0. The molecule has 1 nitrogen and oxygen atoms in total. The molecule has 0 bridgehead atoms. The van der Waals surface area contributed by atoms with Crippen LogP contribution in [0.1, 0.15) is 0 Å². The van der Waals surface area contributed by atoms with Gasteiger partial charge in [-0.2, -0.15) is 0 Å². The number of hydrogen-bond donors (Lipinski definition) is 0. The lowest BCUT2D eigenvalue weighted by Gasteiger charge is -2.17. The Morgan fingerprint density at radius 1 is 0.519 bits per heavy atom. The molecule has 4 aromatic carbocycles. The first-order valence-corrected chi connectivity index (χ1v) is 9.73. The highest BCUT2D eigenvalue weighted by Crippen LogP contribution is 2.42. The maximum Gasteiger partial charge on any atom is 0.0715 e. The number of nitrogens with zero attached hydrogens (tertiary/aromatic N) is 1. The van der Waals surface area contributed by atoms with Crippen LogP contribution in [0.5, 0.6) is 0 Å². The average molecular weight is 410 g/mol. The van der Waals surface area contributed by atoms with Gasteiger partial charge in [-0.1, -0.05) is 78.9 Å². The van der Waals surface area contributed by atoms with Gasteiger partial charge in [-0.15, -0.1) is 0 Å². The molecule has 0 N–H and O–H groups in total. The van der Waals surface area contributed by atoms with Crippen molar-refractivity contribution in [3.05, 3.63) is 102 Å². The molecule has 0 fully saturated rings. The van der Waals surface area contributed by atoms with E-state index in [9.17, 15) is 0 Å². The number of benzene rings is 4. The Kier molecular flexibility index (Phi) is 3.99. The SMILES string of the molecule is Brc1ccc(-c2c3ccccc3c(-c3ccccc3)c3ccccc23)nc1. The highest BCUT2D eigenvalue weighted by atomic mass is 79.9. The molecule has 1 heterocycles. The van der Waals surface area contributed by atoms with E-state index >= 15 is 0 Å². The minimum Gasteiger partial charge on any atom is -0.255 e. The molecule has 0 spiro atoms. The van der Waals surface area contributed by atoms with Crippen molar-refractivity contribution in [2.24, 2.45) is 0 Å². The zero-order valence-corrected chi connectivity index (χ0v) is 16.1. The summed E-state index contributed by atoms with van der Waals surface area (Å²) in [5, 5.41) is 4.96. The van der Waals surface area contributed by atoms with Crippen LogP contribution in [0.3, 0.4) is 0 Å². The molecule has 0 amide bonds. The molecule has 2 heteroatoms. The van der Waals surface area contributed by atoms with Crippen LogP contribution in [0.4, 0.5) is 0 Å². The zero-order valence-electron chi connectivity index (χ0n) is 14.6. The molecule has 0 aliphatic heterocycles. The fourth-order valence-electron chi connectivity index (χ4n) is 3.84. The van der Waals surface area contributed by atoms with Gasteiger partial charge in [0.2, 0.25) is 0 Å². The number of rotatable bonds is 2. The Balaban J connectivity index is 1.99. The maximum absolute atomic E-state index is 4.70. The fourth-order valence-corrected chi connectivity index (χ4v) is 4.08. The van der Waals surface area contributed by atoms with E-state index in [-0.39, 0.29) is 0 Å². The van der Waals surface area contributed by atoms with Crippen LogP contribution in [0.15, 0.2) is 102 Å². The summed E-state index contributed by atoms with van der Waals surface area (Å²) in [5.41, 5.74) is 4.70. The van der Waals surface area contributed by atoms with Crippen molar-refractivity contribution in [3.63, 3.8) is 0 Å². The second kappa shape index (κ2) is 6.64. The Hall–Kier alpha value is -2.97. The molecule has 5 rings (SSSR count). The normalized spacial score (nSPS) is 11.1. The summed E-state index contributed by atoms with van der Waals surface area (Å²) in [5.74, 6) is 0. The van der Waals surface area contributed by atoms with Gasteiger partial charge in [0.15, 0.2) is 0 Å². The average Bonchev–Trinajstić information content (AvgIpc) is 2.73. The van der Waals surface area contributed by atoms with Crippen LogP contribution in [-0.4, -0.2) is 4.98 Å². The Morgan fingerprint density at radius 3 is 1.56 bits per heavy atom. The summed E-state index contributed by atoms with van der Waals surface area (Å²) < 4.78 is 0.987. The van der Waals surface area contributed by atoms with Gasteiger partial charge in [-0.05, 0) is 60.7 Å². The monoisotopic (exact) mass is 409 g/mol. The van der Waals surface area contributed by atoms with Crippen molar-refractivity contribution >= 4 is 37.5 Å². The molecule has 5 aromatic rings. The van der Waals surface area contributed by atoms with Crippen molar-refractivity contribution in [2.75, 3.05) is 0 Å². The van der Waals surface area contributed by atoms with E-state index in [0.29, 0.717) is 0 Å². The quantitative estimate of drug-likeness (QED) is 0.275. The first kappa shape index (κ1) is 16.2. The maximum atomic E-state index is 4.70. The van der Waals surface area contributed by atoms with Gasteiger partial charge >= 0.3 is 0 Å². The zero-order chi connectivity index (χ0) is 18.2. The van der Waals surface area contributed by atoms with E-state index in [1.165, 1.54) is 38.2 Å². The topological polar surface area (TPSA) is 12.9 Å². The van der Waals surface area contributed by atoms with Crippen LogP contribution >= 0.6 is 15.9 Å². The molecule has 0 unspecified atom stereocenters. The van der Waals surface area contributed by atoms with E-state index in [4.69, 9.17) is 4.98 Å². The van der Waals surface area contributed by atoms with Gasteiger partial charge in [0.25, 0.3) is 0 Å². The third-order valence-electron chi connectivity index (χ3n) is 4.98. The van der Waals surface area contributed by atoms with Crippen LogP contribution in [0.2, 0.25) is 0 Å². The van der Waals surface area contributed by atoms with Crippen molar-refractivity contribution in [3.8, 4) is 22.4 Å². The van der Waals surface area contributed by atoms with Gasteiger partial charge < -0.3 is 0 Å². The number of fused-ring (bicyclic) bond motifs is 2. The third kappa shape index (κ3) is 2.73. The predicted octanol–water partition coefficient (Wildman–Crippen LogP) is 7.48. The highest BCUT2D eigenvalue weighted by molar-refractivity contribution is 9.10. The molecule has 0 aliphatic carbocycles. The molecule has 0 radical (unpaired) electrons. The standard InChI is InChI=1S/C25H16BrN/c26-18-14-15-23(27-16-18)25-21-12-6-4-10-19(21)24(17-8-2-1-3-9-17)20-11-5-7-13-22(20)25/h1-16H. The second-order valence-corrected chi connectivity index (χ2v) is 7.48. The molecule has 128 valence electrons. The summed E-state index contributed by atoms with van der Waals surface area (Å²) in [4.78, 5) is 4.70. The second-order valence-electron chi connectivity index (χ2n) is 6.57. The number of halogens is 1. The van der Waals surface area contributed by atoms with Crippen LogP contribution < -0.4 is 0 Å². The van der Waals surface area contributed by atoms with Gasteiger partial charge in [0.05, 0.1) is 5.69 Å². The molecule has 0 aliphatic rings. The van der Waals surface area contributed by atoms with E-state index in [2.05, 4.69) is 107 Å². The molecule has 0 atom stereocenters. The van der Waals surface area contributed by atoms with Crippen LogP contribution in [0, 0.1) is 0 Å². The van der Waals surface area contributed by atoms with Gasteiger partial charge in [-0.25, -0.2) is 0 Å². The molecular weight excluding hydrogens is 394 g/mol. The summed E-state index contributed by atoms with van der Waals surface area (Å²) in [7, 11) is 0. The minimum atomic E-state index is 0.987. The van der Waals surface area contributed by atoms with E-state index in [1.54, 1.807) is 0 Å². The van der Waals surface area contributed by atoms with Crippen molar-refractivity contribution in [1.82, 2.24) is 4.98 Å². The molecular formula is C25H16BrN. The lowest BCUT2D eigenvalue weighted by molar-refractivity contribution is 1.32. The predicted molar refractivity (Wildman–Crippen MR) is 118 cm³/mol. The molecule has 0 saturated heterocycles. The first-order valence-electron chi connectivity index (χ1n) is 8.94. The highest BCUT2D eigenvalue weighted by Gasteiger charge is 2.16. The number of hydrogen-bond acceptors (Lipinski definition) is 1. The summed E-state index contributed by atoms with van der Waals surface area (Å²) in [6.45, 7) is 0. The lowest BCUT2D eigenvalue weighted by Crippen LogP contribution is -1.92. The van der Waals surface area contributed by atoms with E-state index in [0.717, 1.165) is 10.2 Å². The Morgan fingerprint density at radius 2 is 1.04 bits per heavy atom. The molecule has 27 heavy (non-hydrogen) atoms. The van der Waals surface area contributed by atoms with Crippen molar-refractivity contribution in [1.29, 1.82) is 0 Å². The van der Waals surface area contributed by atoms with Crippen LogP contribution in [0.25, 0.3) is 43.9 Å². The Labute approximate surface area is 166 Å². The third-order valence-corrected chi connectivity index (χ3v) is 5.45. The minimum absolute atomic E-state index is 0.987. The summed E-state index contributed by atoms with van der Waals surface area (Å²) >= 11 is 3.50. The summed E-state index contributed by atoms with van der Waals surface area (Å²) in [6.07, 6.45) is 1.87. The number of aromatic nitrogens is 1. The fraction of sp³-hybridized carbons (Fsp3) is 0. The van der Waals surface area contributed by atoms with Gasteiger partial charge in [-0.3, -0.25) is 4.98 Å². The van der Waals surface area contributed by atoms with E-state index in [1.807, 2.05) is 6.20 Å².